The predicted molar refractivity (Wildman–Crippen MR) is 107 cm³/mol. The molecule has 4 rings (SSSR count). The summed E-state index contributed by atoms with van der Waals surface area (Å²) in [7, 11) is -0.797. The van der Waals surface area contributed by atoms with Crippen LogP contribution in [0.2, 0.25) is 0 Å². The van der Waals surface area contributed by atoms with Crippen LogP contribution in [0.1, 0.15) is 19.8 Å². The fraction of sp³-hybridized carbons (Fsp3) is 0.444. The van der Waals surface area contributed by atoms with Crippen LogP contribution in [0.4, 0.5) is 0 Å². The monoisotopic (exact) mass is 398 g/mol. The third-order valence-electron chi connectivity index (χ3n) is 5.20. The van der Waals surface area contributed by atoms with Gasteiger partial charge in [-0.15, -0.1) is 0 Å². The minimum Gasteiger partial charge on any atom is -0.346 e. The van der Waals surface area contributed by atoms with Crippen LogP contribution in [0, 0.1) is 11.3 Å². The maximum absolute atomic E-state index is 13.0. The summed E-state index contributed by atoms with van der Waals surface area (Å²) in [5.74, 6) is 0.531. The van der Waals surface area contributed by atoms with Gasteiger partial charge in [0.1, 0.15) is 27.4 Å². The van der Waals surface area contributed by atoms with Gasteiger partial charge in [-0.1, -0.05) is 6.92 Å². The lowest BCUT2D eigenvalue weighted by molar-refractivity contribution is 0.0749. The van der Waals surface area contributed by atoms with Crippen LogP contribution in [0.15, 0.2) is 35.3 Å². The lowest BCUT2D eigenvalue weighted by atomic mass is 9.89. The van der Waals surface area contributed by atoms with Gasteiger partial charge in [0.2, 0.25) is 0 Å². The van der Waals surface area contributed by atoms with E-state index in [0.717, 1.165) is 28.7 Å². The summed E-state index contributed by atoms with van der Waals surface area (Å²) in [6.07, 6.45) is 8.10. The lowest BCUT2D eigenvalue weighted by Crippen LogP contribution is -2.64. The van der Waals surface area contributed by atoms with Gasteiger partial charge in [0.15, 0.2) is 0 Å². The molecule has 0 saturated carbocycles. The van der Waals surface area contributed by atoms with Crippen molar-refractivity contribution in [1.82, 2.24) is 29.0 Å². The Morgan fingerprint density at radius 3 is 2.96 bits per heavy atom. The first-order valence-electron chi connectivity index (χ1n) is 9.14. The molecule has 0 radical (unpaired) electrons. The third-order valence-corrected chi connectivity index (χ3v) is 7.78. The van der Waals surface area contributed by atoms with Crippen molar-refractivity contribution in [2.75, 3.05) is 25.9 Å². The quantitative estimate of drug-likeness (QED) is 0.683. The number of aromatic amines is 1. The molecule has 9 nitrogen and oxygen atoms in total. The molecule has 1 aliphatic rings. The van der Waals surface area contributed by atoms with Crippen LogP contribution >= 0.6 is 0 Å². The highest BCUT2D eigenvalue weighted by Crippen LogP contribution is 2.36. The Balaban J connectivity index is 1.66. The van der Waals surface area contributed by atoms with Crippen LogP contribution in [0.25, 0.3) is 22.3 Å². The topological polar surface area (TPSA) is 116 Å². The number of nitriles is 1. The number of rotatable bonds is 6. The molecule has 4 heterocycles. The van der Waals surface area contributed by atoms with Crippen LogP contribution in [-0.4, -0.2) is 59.1 Å². The van der Waals surface area contributed by atoms with Gasteiger partial charge < -0.3 is 4.98 Å². The second kappa shape index (κ2) is 7.00. The van der Waals surface area contributed by atoms with E-state index in [0.29, 0.717) is 25.3 Å². The maximum atomic E-state index is 13.0. The van der Waals surface area contributed by atoms with Crippen LogP contribution < -0.4 is 0 Å². The van der Waals surface area contributed by atoms with E-state index in [1.807, 2.05) is 34.4 Å². The molecule has 0 aliphatic carbocycles. The van der Waals surface area contributed by atoms with E-state index in [4.69, 9.17) is 0 Å². The van der Waals surface area contributed by atoms with Crippen molar-refractivity contribution in [2.45, 2.75) is 25.3 Å². The fourth-order valence-electron chi connectivity index (χ4n) is 3.71. The summed E-state index contributed by atoms with van der Waals surface area (Å²) in [5.41, 5.74) is 1.91. The first-order valence-corrected chi connectivity index (χ1v) is 10.8. The standard InChI is InChI=1S/C18H22N8OS/c1-3-8-28(27,20-2)25-11-18(12-25,5-6-19)26-10-14(9-24-26)16-15-4-7-21-17(15)23-13-22-16/h4,7,9-10,13H,3,5,8,11-12H2,1-2H3,(H,21,22,23). The minimum atomic E-state index is -2.40. The number of H-pyrrole nitrogens is 1. The number of hydrogen-bond acceptors (Lipinski definition) is 6. The zero-order chi connectivity index (χ0) is 19.8. The molecule has 1 unspecified atom stereocenters. The van der Waals surface area contributed by atoms with E-state index < -0.39 is 15.5 Å². The Kier molecular flexibility index (Phi) is 4.64. The fourth-order valence-corrected chi connectivity index (χ4v) is 5.79. The summed E-state index contributed by atoms with van der Waals surface area (Å²) in [5, 5.41) is 14.8. The highest BCUT2D eigenvalue weighted by Gasteiger charge is 2.49. The molecular formula is C18H22N8OS. The summed E-state index contributed by atoms with van der Waals surface area (Å²) in [6.45, 7) is 2.97. The van der Waals surface area contributed by atoms with Gasteiger partial charge in [-0.25, -0.2) is 22.8 Å². The Bertz CT molecular complexity index is 1160. The Labute approximate surface area is 163 Å². The van der Waals surface area contributed by atoms with Crippen molar-refractivity contribution in [2.24, 2.45) is 4.36 Å². The molecule has 3 aromatic rings. The number of hydrogen-bond donors (Lipinski definition) is 1. The molecule has 1 atom stereocenters. The summed E-state index contributed by atoms with van der Waals surface area (Å²) < 4.78 is 20.9. The van der Waals surface area contributed by atoms with Gasteiger partial charge in [0, 0.05) is 49.2 Å². The van der Waals surface area contributed by atoms with Gasteiger partial charge in [0.05, 0.1) is 24.4 Å². The van der Waals surface area contributed by atoms with E-state index in [-0.39, 0.29) is 0 Å². The smallest absolute Gasteiger partial charge is 0.141 e. The van der Waals surface area contributed by atoms with Gasteiger partial charge in [-0.2, -0.15) is 10.4 Å². The molecule has 0 aromatic carbocycles. The maximum Gasteiger partial charge on any atom is 0.141 e. The van der Waals surface area contributed by atoms with E-state index in [1.165, 1.54) is 6.33 Å². The van der Waals surface area contributed by atoms with Crippen molar-refractivity contribution in [3.63, 3.8) is 0 Å². The predicted octanol–water partition coefficient (Wildman–Crippen LogP) is 2.17. The van der Waals surface area contributed by atoms with Crippen molar-refractivity contribution in [3.8, 4) is 17.3 Å². The van der Waals surface area contributed by atoms with Crippen molar-refractivity contribution in [3.05, 3.63) is 31.0 Å². The molecule has 1 aliphatic heterocycles. The van der Waals surface area contributed by atoms with Gasteiger partial charge in [-0.05, 0) is 12.5 Å². The molecule has 3 aromatic heterocycles. The number of nitrogens with zero attached hydrogens (tertiary/aromatic N) is 7. The second-order valence-electron chi connectivity index (χ2n) is 6.99. The molecule has 1 N–H and O–H groups in total. The molecule has 0 spiro atoms. The average molecular weight is 398 g/mol. The second-order valence-corrected chi connectivity index (χ2v) is 9.49. The van der Waals surface area contributed by atoms with E-state index >= 15 is 0 Å². The van der Waals surface area contributed by atoms with Gasteiger partial charge in [-0.3, -0.25) is 4.68 Å². The third kappa shape index (κ3) is 2.87. The zero-order valence-electron chi connectivity index (χ0n) is 15.9. The molecule has 1 saturated heterocycles. The molecule has 1 fully saturated rings. The molecule has 0 amide bonds. The van der Waals surface area contributed by atoms with Gasteiger partial charge >= 0.3 is 0 Å². The Morgan fingerprint density at radius 1 is 1.43 bits per heavy atom. The number of fused-ring (bicyclic) bond motifs is 1. The highest BCUT2D eigenvalue weighted by molar-refractivity contribution is 7.91. The van der Waals surface area contributed by atoms with Crippen molar-refractivity contribution in [1.29, 1.82) is 5.26 Å². The molecular weight excluding hydrogens is 376 g/mol. The SMILES string of the molecule is CCCS(=O)(=NC)N1CC(CC#N)(n2cc(-c3ncnc4[nH]ccc34)cn2)C1. The lowest BCUT2D eigenvalue weighted by Gasteiger charge is -2.49. The van der Waals surface area contributed by atoms with E-state index in [1.54, 1.807) is 13.2 Å². The van der Waals surface area contributed by atoms with E-state index in [9.17, 15) is 9.47 Å². The van der Waals surface area contributed by atoms with Crippen LogP contribution in [0.5, 0.6) is 0 Å². The number of nitrogens with one attached hydrogen (secondary N) is 1. The first kappa shape index (κ1) is 18.6. The van der Waals surface area contributed by atoms with Crippen molar-refractivity contribution < 1.29 is 4.21 Å². The zero-order valence-corrected chi connectivity index (χ0v) is 16.7. The normalized spacial score (nSPS) is 18.3. The van der Waals surface area contributed by atoms with E-state index in [2.05, 4.69) is 30.5 Å². The highest BCUT2D eigenvalue weighted by atomic mass is 32.2. The molecule has 10 heteroatoms. The molecule has 28 heavy (non-hydrogen) atoms. The molecule has 146 valence electrons. The largest absolute Gasteiger partial charge is 0.346 e. The van der Waals surface area contributed by atoms with Crippen LogP contribution in [-0.2, 0) is 15.5 Å². The van der Waals surface area contributed by atoms with Crippen molar-refractivity contribution >= 4 is 20.9 Å². The summed E-state index contributed by atoms with van der Waals surface area (Å²) >= 11 is 0. The van der Waals surface area contributed by atoms with Gasteiger partial charge in [0.25, 0.3) is 0 Å². The Hall–Kier alpha value is -2.77. The minimum absolute atomic E-state index is 0.291. The molecule has 0 bridgehead atoms. The Morgan fingerprint density at radius 2 is 2.25 bits per heavy atom. The first-order chi connectivity index (χ1) is 13.5. The number of aromatic nitrogens is 5. The average Bonchev–Trinajstić information content (AvgIpc) is 3.33. The summed E-state index contributed by atoms with van der Waals surface area (Å²) in [4.78, 5) is 11.7. The van der Waals surface area contributed by atoms with Crippen LogP contribution in [0.3, 0.4) is 0 Å². The summed E-state index contributed by atoms with van der Waals surface area (Å²) in [6, 6.07) is 4.20.